The first-order valence-electron chi connectivity index (χ1n) is 10.7. The molecule has 0 amide bonds. The fourth-order valence-electron chi connectivity index (χ4n) is 4.29. The molecule has 0 spiro atoms. The second-order valence-electron chi connectivity index (χ2n) is 7.81. The van der Waals surface area contributed by atoms with Crippen LogP contribution in [0.1, 0.15) is 42.6 Å². The minimum absolute atomic E-state index is 0.00890. The molecule has 0 bridgehead atoms. The van der Waals surface area contributed by atoms with Gasteiger partial charge in [-0.3, -0.25) is 4.79 Å². The molecule has 2 heterocycles. The fraction of sp³-hybridized carbons (Fsp3) is 0.458. The van der Waals surface area contributed by atoms with E-state index in [1.54, 1.807) is 0 Å². The lowest BCUT2D eigenvalue weighted by atomic mass is 9.97. The zero-order valence-corrected chi connectivity index (χ0v) is 19.7. The Bertz CT molecular complexity index is 891. The highest BCUT2D eigenvalue weighted by Crippen LogP contribution is 2.42. The molecular weight excluding hydrogens is 462 g/mol. The van der Waals surface area contributed by atoms with E-state index >= 15 is 0 Å². The number of piperidine rings is 1. The summed E-state index contributed by atoms with van der Waals surface area (Å²) in [4.78, 5) is 15.7. The number of hydrogen-bond acceptors (Lipinski definition) is 5. The molecule has 160 valence electrons. The number of halogens is 1. The normalized spacial score (nSPS) is 21.4. The number of carbonyl (C=O) groups excluding carboxylic acids is 1. The van der Waals surface area contributed by atoms with Crippen LogP contribution in [0.2, 0.25) is 0 Å². The van der Waals surface area contributed by atoms with Crippen molar-refractivity contribution in [1.82, 2.24) is 4.90 Å². The highest BCUT2D eigenvalue weighted by molar-refractivity contribution is 9.10. The zero-order chi connectivity index (χ0) is 20.9. The van der Waals surface area contributed by atoms with Crippen LogP contribution in [0.5, 0.6) is 0 Å². The topological polar surface area (TPSA) is 38.8 Å². The summed E-state index contributed by atoms with van der Waals surface area (Å²) in [5.74, 6) is 0.889. The largest absolute Gasteiger partial charge is 0.466 e. The predicted octanol–water partition coefficient (Wildman–Crippen LogP) is 5.44. The van der Waals surface area contributed by atoms with Crippen LogP contribution in [0, 0.1) is 5.92 Å². The summed E-state index contributed by atoms with van der Waals surface area (Å²) in [5, 5.41) is 0. The quantitative estimate of drug-likeness (QED) is 0.505. The molecule has 2 aromatic rings. The third-order valence-corrected chi connectivity index (χ3v) is 7.42. The number of likely N-dealkylation sites (tertiary alicyclic amines) is 1. The van der Waals surface area contributed by atoms with Crippen LogP contribution in [-0.2, 0) is 20.0 Å². The highest BCUT2D eigenvalue weighted by atomic mass is 79.9. The highest BCUT2D eigenvalue weighted by Gasteiger charge is 2.28. The Kier molecular flexibility index (Phi) is 7.52. The van der Waals surface area contributed by atoms with Crippen molar-refractivity contribution >= 4 is 33.7 Å². The summed E-state index contributed by atoms with van der Waals surface area (Å²) in [6, 6.07) is 15.1. The van der Waals surface area contributed by atoms with Gasteiger partial charge in [-0.05, 0) is 61.2 Å². The fourth-order valence-corrected chi connectivity index (χ4v) is 5.74. The van der Waals surface area contributed by atoms with Gasteiger partial charge < -0.3 is 14.4 Å². The number of fused-ring (bicyclic) bond motifs is 2. The molecule has 0 aliphatic carbocycles. The SMILES string of the molecule is CCOC(=O)C1CCCN(CCOC2c3ccccc3CSc3ccc(Br)cc32)C1. The Hall–Kier alpha value is -1.34. The van der Waals surface area contributed by atoms with E-state index in [1.165, 1.54) is 21.6 Å². The number of carbonyl (C=O) groups is 1. The van der Waals surface area contributed by atoms with E-state index < -0.39 is 0 Å². The van der Waals surface area contributed by atoms with Gasteiger partial charge >= 0.3 is 5.97 Å². The van der Waals surface area contributed by atoms with Gasteiger partial charge in [0.2, 0.25) is 0 Å². The van der Waals surface area contributed by atoms with Gasteiger partial charge in [0.1, 0.15) is 6.10 Å². The van der Waals surface area contributed by atoms with Gasteiger partial charge in [0.15, 0.2) is 0 Å². The maximum Gasteiger partial charge on any atom is 0.310 e. The Morgan fingerprint density at radius 3 is 2.97 bits per heavy atom. The first-order valence-corrected chi connectivity index (χ1v) is 12.4. The van der Waals surface area contributed by atoms with E-state index in [4.69, 9.17) is 9.47 Å². The Morgan fingerprint density at radius 1 is 1.23 bits per heavy atom. The molecule has 1 fully saturated rings. The Labute approximate surface area is 191 Å². The van der Waals surface area contributed by atoms with Gasteiger partial charge in [-0.2, -0.15) is 0 Å². The van der Waals surface area contributed by atoms with Crippen molar-refractivity contribution in [3.8, 4) is 0 Å². The number of benzene rings is 2. The minimum Gasteiger partial charge on any atom is -0.466 e. The summed E-state index contributed by atoms with van der Waals surface area (Å²) in [6.07, 6.45) is 1.88. The number of hydrogen-bond donors (Lipinski definition) is 0. The van der Waals surface area contributed by atoms with Crippen molar-refractivity contribution in [2.45, 2.75) is 36.5 Å². The third-order valence-electron chi connectivity index (χ3n) is 5.79. The van der Waals surface area contributed by atoms with Gasteiger partial charge in [0, 0.05) is 28.2 Å². The molecule has 2 atom stereocenters. The number of thioether (sulfide) groups is 1. The van der Waals surface area contributed by atoms with E-state index in [2.05, 4.69) is 63.3 Å². The molecule has 2 aromatic carbocycles. The molecule has 1 saturated heterocycles. The van der Waals surface area contributed by atoms with Crippen molar-refractivity contribution in [1.29, 1.82) is 0 Å². The van der Waals surface area contributed by atoms with E-state index in [0.717, 1.165) is 42.7 Å². The van der Waals surface area contributed by atoms with Gasteiger partial charge in [0.05, 0.1) is 19.1 Å². The molecule has 4 rings (SSSR count). The average Bonchev–Trinajstić information content (AvgIpc) is 2.91. The summed E-state index contributed by atoms with van der Waals surface area (Å²) in [7, 11) is 0. The van der Waals surface area contributed by atoms with Gasteiger partial charge in [0.25, 0.3) is 0 Å². The van der Waals surface area contributed by atoms with Crippen LogP contribution >= 0.6 is 27.7 Å². The van der Waals surface area contributed by atoms with Crippen LogP contribution in [0.15, 0.2) is 51.8 Å². The first kappa shape index (κ1) is 21.9. The number of nitrogens with zero attached hydrogens (tertiary/aromatic N) is 1. The molecule has 6 heteroatoms. The molecule has 0 radical (unpaired) electrons. The third kappa shape index (κ3) is 5.10. The molecule has 2 aliphatic rings. The molecule has 30 heavy (non-hydrogen) atoms. The summed E-state index contributed by atoms with van der Waals surface area (Å²) < 4.78 is 12.8. The van der Waals surface area contributed by atoms with Crippen LogP contribution in [0.3, 0.4) is 0 Å². The lowest BCUT2D eigenvalue weighted by Gasteiger charge is -2.32. The molecule has 2 aliphatic heterocycles. The van der Waals surface area contributed by atoms with Crippen LogP contribution in [-0.4, -0.2) is 43.7 Å². The van der Waals surface area contributed by atoms with Crippen molar-refractivity contribution in [2.24, 2.45) is 5.92 Å². The van der Waals surface area contributed by atoms with Crippen LogP contribution < -0.4 is 0 Å². The zero-order valence-electron chi connectivity index (χ0n) is 17.3. The molecule has 2 unspecified atom stereocenters. The van der Waals surface area contributed by atoms with E-state index in [0.29, 0.717) is 13.2 Å². The van der Waals surface area contributed by atoms with Crippen LogP contribution in [0.4, 0.5) is 0 Å². The molecule has 0 N–H and O–H groups in total. The standard InChI is InChI=1S/C24H28BrNO3S/c1-2-28-24(27)17-7-5-11-26(15-17)12-13-29-23-20-8-4-3-6-18(20)16-30-22-10-9-19(25)14-21(22)23/h3-4,6,8-10,14,17,23H,2,5,7,11-13,15-16H2,1H3. The molecular formula is C24H28BrNO3S. The average molecular weight is 490 g/mol. The monoisotopic (exact) mass is 489 g/mol. The summed E-state index contributed by atoms with van der Waals surface area (Å²) in [6.45, 7) is 5.55. The minimum atomic E-state index is -0.0747. The van der Waals surface area contributed by atoms with Gasteiger partial charge in [-0.25, -0.2) is 0 Å². The number of ether oxygens (including phenoxy) is 2. The van der Waals surface area contributed by atoms with E-state index in [1.807, 2.05) is 18.7 Å². The molecule has 0 saturated carbocycles. The van der Waals surface area contributed by atoms with Crippen molar-refractivity contribution < 1.29 is 14.3 Å². The number of esters is 1. The molecule has 4 nitrogen and oxygen atoms in total. The van der Waals surface area contributed by atoms with E-state index in [9.17, 15) is 4.79 Å². The summed E-state index contributed by atoms with van der Waals surface area (Å²) >= 11 is 5.50. The van der Waals surface area contributed by atoms with Crippen LogP contribution in [0.25, 0.3) is 0 Å². The molecule has 0 aromatic heterocycles. The maximum absolute atomic E-state index is 12.1. The van der Waals surface area contributed by atoms with Crippen molar-refractivity contribution in [3.63, 3.8) is 0 Å². The summed E-state index contributed by atoms with van der Waals surface area (Å²) in [5.41, 5.74) is 3.81. The smallest absolute Gasteiger partial charge is 0.310 e. The lowest BCUT2D eigenvalue weighted by molar-refractivity contribution is -0.150. The number of rotatable bonds is 6. The second kappa shape index (κ2) is 10.3. The van der Waals surface area contributed by atoms with Crippen molar-refractivity contribution in [3.05, 3.63) is 63.6 Å². The van der Waals surface area contributed by atoms with Gasteiger partial charge in [-0.15, -0.1) is 11.8 Å². The maximum atomic E-state index is 12.1. The van der Waals surface area contributed by atoms with E-state index in [-0.39, 0.29) is 18.0 Å². The van der Waals surface area contributed by atoms with Crippen molar-refractivity contribution in [2.75, 3.05) is 32.8 Å². The second-order valence-corrected chi connectivity index (χ2v) is 9.75. The lowest BCUT2D eigenvalue weighted by Crippen LogP contribution is -2.41. The van der Waals surface area contributed by atoms with Gasteiger partial charge in [-0.1, -0.05) is 40.2 Å². The Balaban J connectivity index is 1.45. The Morgan fingerprint density at radius 2 is 2.10 bits per heavy atom. The predicted molar refractivity (Wildman–Crippen MR) is 124 cm³/mol. The first-order chi connectivity index (χ1) is 14.7.